The van der Waals surface area contributed by atoms with E-state index in [1.165, 1.54) is 19.3 Å². The third-order valence-electron chi connectivity index (χ3n) is 3.54. The molecule has 1 aliphatic carbocycles. The number of halogens is 1. The minimum atomic E-state index is 0.555. The fraction of sp³-hybridized carbons (Fsp3) is 0.667. The summed E-state index contributed by atoms with van der Waals surface area (Å²) in [5.74, 6) is 1.97. The second-order valence-electron chi connectivity index (χ2n) is 4.68. The van der Waals surface area contributed by atoms with Crippen LogP contribution in [0.2, 0.25) is 5.15 Å². The summed E-state index contributed by atoms with van der Waals surface area (Å²) in [6, 6.07) is 1.92. The van der Waals surface area contributed by atoms with Gasteiger partial charge in [-0.25, -0.2) is 9.97 Å². The van der Waals surface area contributed by atoms with Crippen LogP contribution in [0.4, 0.5) is 0 Å². The molecule has 82 valence electrons. The predicted molar refractivity (Wildman–Crippen MR) is 62.0 cm³/mol. The van der Waals surface area contributed by atoms with Gasteiger partial charge in [0, 0.05) is 11.6 Å². The number of hydrogen-bond donors (Lipinski definition) is 0. The molecular formula is C12H17ClN2. The van der Waals surface area contributed by atoms with Crippen LogP contribution in [0.25, 0.3) is 0 Å². The lowest BCUT2D eigenvalue weighted by atomic mass is 9.72. The van der Waals surface area contributed by atoms with Crippen molar-refractivity contribution in [1.29, 1.82) is 0 Å². The van der Waals surface area contributed by atoms with E-state index in [4.69, 9.17) is 11.6 Å². The first-order valence-corrected chi connectivity index (χ1v) is 6.03. The summed E-state index contributed by atoms with van der Waals surface area (Å²) in [5, 5.41) is 0.560. The van der Waals surface area contributed by atoms with Crippen molar-refractivity contribution in [3.8, 4) is 0 Å². The summed E-state index contributed by atoms with van der Waals surface area (Å²) >= 11 is 5.91. The van der Waals surface area contributed by atoms with Gasteiger partial charge >= 0.3 is 0 Å². The molecule has 1 heterocycles. The van der Waals surface area contributed by atoms with Gasteiger partial charge in [-0.2, -0.15) is 0 Å². The lowest BCUT2D eigenvalue weighted by Gasteiger charge is -2.34. The van der Waals surface area contributed by atoms with Crippen LogP contribution in [0.3, 0.4) is 0 Å². The van der Waals surface area contributed by atoms with E-state index in [0.717, 1.165) is 5.69 Å². The van der Waals surface area contributed by atoms with Gasteiger partial charge in [0.1, 0.15) is 11.5 Å². The fourth-order valence-electron chi connectivity index (χ4n) is 2.79. The van der Waals surface area contributed by atoms with E-state index in [-0.39, 0.29) is 0 Å². The van der Waals surface area contributed by atoms with Crippen molar-refractivity contribution in [1.82, 2.24) is 9.97 Å². The summed E-state index contributed by atoms with van der Waals surface area (Å²) in [6.45, 7) is 4.63. The molecule has 1 aromatic rings. The molecule has 2 atom stereocenters. The molecule has 1 aliphatic rings. The number of rotatable bonds is 1. The fourth-order valence-corrected chi connectivity index (χ4v) is 2.95. The zero-order valence-corrected chi connectivity index (χ0v) is 10.0. The van der Waals surface area contributed by atoms with Crippen molar-refractivity contribution in [2.45, 2.75) is 39.0 Å². The van der Waals surface area contributed by atoms with Crippen LogP contribution in [0.15, 0.2) is 12.4 Å². The van der Waals surface area contributed by atoms with Gasteiger partial charge in [-0.1, -0.05) is 44.7 Å². The Morgan fingerprint density at radius 1 is 1.20 bits per heavy atom. The molecule has 0 saturated heterocycles. The first-order valence-electron chi connectivity index (χ1n) is 5.66. The van der Waals surface area contributed by atoms with Crippen LogP contribution >= 0.6 is 11.6 Å². The molecule has 0 radical (unpaired) electrons. The van der Waals surface area contributed by atoms with Gasteiger partial charge in [0.05, 0.1) is 0 Å². The molecule has 1 fully saturated rings. The van der Waals surface area contributed by atoms with Gasteiger partial charge in [0.25, 0.3) is 0 Å². The number of aromatic nitrogens is 2. The van der Waals surface area contributed by atoms with Crippen molar-refractivity contribution in [3.05, 3.63) is 23.2 Å². The molecule has 0 aliphatic heterocycles. The molecule has 2 rings (SSSR count). The first-order chi connectivity index (χ1) is 7.18. The van der Waals surface area contributed by atoms with E-state index in [2.05, 4.69) is 23.8 Å². The molecule has 0 bridgehead atoms. The summed E-state index contributed by atoms with van der Waals surface area (Å²) in [7, 11) is 0. The second kappa shape index (κ2) is 4.48. The average molecular weight is 225 g/mol. The summed E-state index contributed by atoms with van der Waals surface area (Å²) in [5.41, 5.74) is 1.12. The zero-order valence-electron chi connectivity index (χ0n) is 9.28. The Labute approximate surface area is 96.1 Å². The Hall–Kier alpha value is -0.630. The topological polar surface area (TPSA) is 25.8 Å². The van der Waals surface area contributed by atoms with Crippen LogP contribution in [0.1, 0.15) is 44.7 Å². The van der Waals surface area contributed by atoms with Crippen molar-refractivity contribution in [2.24, 2.45) is 11.8 Å². The Kier molecular flexibility index (Phi) is 3.25. The van der Waals surface area contributed by atoms with E-state index in [1.807, 2.05) is 6.07 Å². The third kappa shape index (κ3) is 2.31. The molecule has 15 heavy (non-hydrogen) atoms. The predicted octanol–water partition coefficient (Wildman–Crippen LogP) is 3.67. The quantitative estimate of drug-likeness (QED) is 0.681. The molecule has 0 N–H and O–H groups in total. The summed E-state index contributed by atoms with van der Waals surface area (Å²) < 4.78 is 0. The minimum absolute atomic E-state index is 0.555. The molecule has 1 aromatic heterocycles. The lowest BCUT2D eigenvalue weighted by molar-refractivity contribution is 0.244. The number of nitrogens with zero attached hydrogens (tertiary/aromatic N) is 2. The second-order valence-corrected chi connectivity index (χ2v) is 5.06. The highest BCUT2D eigenvalue weighted by molar-refractivity contribution is 6.29. The van der Waals surface area contributed by atoms with Gasteiger partial charge < -0.3 is 0 Å². The van der Waals surface area contributed by atoms with Gasteiger partial charge in [-0.3, -0.25) is 0 Å². The molecular weight excluding hydrogens is 208 g/mol. The van der Waals surface area contributed by atoms with E-state index in [0.29, 0.717) is 22.9 Å². The monoisotopic (exact) mass is 224 g/mol. The van der Waals surface area contributed by atoms with Crippen molar-refractivity contribution in [3.63, 3.8) is 0 Å². The van der Waals surface area contributed by atoms with Crippen molar-refractivity contribution in [2.75, 3.05) is 0 Å². The molecule has 2 nitrogen and oxygen atoms in total. The highest BCUT2D eigenvalue weighted by Gasteiger charge is 2.30. The summed E-state index contributed by atoms with van der Waals surface area (Å²) in [4.78, 5) is 8.31. The molecule has 1 saturated carbocycles. The molecule has 0 spiro atoms. The van der Waals surface area contributed by atoms with Crippen molar-refractivity contribution < 1.29 is 0 Å². The van der Waals surface area contributed by atoms with Crippen LogP contribution in [0.5, 0.6) is 0 Å². The highest BCUT2D eigenvalue weighted by Crippen LogP contribution is 2.40. The van der Waals surface area contributed by atoms with Crippen LogP contribution in [-0.2, 0) is 0 Å². The van der Waals surface area contributed by atoms with Gasteiger partial charge in [-0.15, -0.1) is 0 Å². The SMILES string of the molecule is CC1CCCC(C)C1c1cc(Cl)ncn1. The van der Waals surface area contributed by atoms with Gasteiger partial charge in [0.15, 0.2) is 0 Å². The first kappa shape index (κ1) is 10.9. The standard InChI is InChI=1S/C12H17ClN2/c1-8-4-3-5-9(2)12(8)10-6-11(13)15-7-14-10/h6-9,12H,3-5H2,1-2H3. The Morgan fingerprint density at radius 3 is 2.47 bits per heavy atom. The van der Waals surface area contributed by atoms with Crippen LogP contribution in [-0.4, -0.2) is 9.97 Å². The smallest absolute Gasteiger partial charge is 0.132 e. The van der Waals surface area contributed by atoms with Gasteiger partial charge in [0.2, 0.25) is 0 Å². The van der Waals surface area contributed by atoms with Gasteiger partial charge in [-0.05, 0) is 17.9 Å². The number of hydrogen-bond acceptors (Lipinski definition) is 2. The van der Waals surface area contributed by atoms with E-state index in [9.17, 15) is 0 Å². The Bertz CT molecular complexity index is 330. The highest BCUT2D eigenvalue weighted by atomic mass is 35.5. The third-order valence-corrected chi connectivity index (χ3v) is 3.75. The maximum atomic E-state index is 5.91. The van der Waals surface area contributed by atoms with E-state index < -0.39 is 0 Å². The maximum absolute atomic E-state index is 5.91. The minimum Gasteiger partial charge on any atom is -0.241 e. The normalized spacial score (nSPS) is 31.5. The van der Waals surface area contributed by atoms with E-state index in [1.54, 1.807) is 6.33 Å². The van der Waals surface area contributed by atoms with E-state index >= 15 is 0 Å². The zero-order chi connectivity index (χ0) is 10.8. The van der Waals surface area contributed by atoms with Crippen molar-refractivity contribution >= 4 is 11.6 Å². The van der Waals surface area contributed by atoms with Crippen LogP contribution < -0.4 is 0 Å². The Morgan fingerprint density at radius 2 is 1.87 bits per heavy atom. The molecule has 2 unspecified atom stereocenters. The molecule has 3 heteroatoms. The largest absolute Gasteiger partial charge is 0.241 e. The summed E-state index contributed by atoms with van der Waals surface area (Å²) in [6.07, 6.45) is 5.52. The molecule has 0 amide bonds. The maximum Gasteiger partial charge on any atom is 0.132 e. The van der Waals surface area contributed by atoms with Crippen LogP contribution in [0, 0.1) is 11.8 Å². The Balaban J connectivity index is 2.27. The lowest BCUT2D eigenvalue weighted by Crippen LogP contribution is -2.23. The average Bonchev–Trinajstić information content (AvgIpc) is 2.17. The molecule has 0 aromatic carbocycles.